The van der Waals surface area contributed by atoms with Crippen LogP contribution in [0.4, 0.5) is 0 Å². The maximum atomic E-state index is 11.4. The van der Waals surface area contributed by atoms with Gasteiger partial charge in [-0.2, -0.15) is 0 Å². The van der Waals surface area contributed by atoms with Crippen molar-refractivity contribution < 1.29 is 38.4 Å². The number of hydrogen-bond acceptors (Lipinski definition) is 7. The number of esters is 1. The van der Waals surface area contributed by atoms with Crippen molar-refractivity contribution in [3.63, 3.8) is 0 Å². The van der Waals surface area contributed by atoms with Crippen LogP contribution < -0.4 is 9.47 Å². The van der Waals surface area contributed by atoms with E-state index in [0.717, 1.165) is 23.5 Å². The minimum Gasteiger partial charge on any atom is -0.491 e. The van der Waals surface area contributed by atoms with Crippen molar-refractivity contribution in [2.24, 2.45) is 5.92 Å². The zero-order valence-corrected chi connectivity index (χ0v) is 26.5. The van der Waals surface area contributed by atoms with E-state index in [9.17, 15) is 14.7 Å². The summed E-state index contributed by atoms with van der Waals surface area (Å²) in [6, 6.07) is 16.1. The molecule has 0 heterocycles. The molecule has 0 saturated heterocycles. The van der Waals surface area contributed by atoms with E-state index in [2.05, 4.69) is 30.8 Å². The summed E-state index contributed by atoms with van der Waals surface area (Å²) >= 11 is 0. The molecule has 0 fully saturated rings. The van der Waals surface area contributed by atoms with Crippen molar-refractivity contribution in [3.05, 3.63) is 83.0 Å². The molecular formula is C35H48O8. The fourth-order valence-electron chi connectivity index (χ4n) is 4.33. The normalized spacial score (nSPS) is 13.8. The molecule has 0 aliphatic carbocycles. The number of carboxylic acids is 1. The first kappa shape index (κ1) is 35.6. The fourth-order valence-corrected chi connectivity index (χ4v) is 4.33. The second kappa shape index (κ2) is 18.8. The highest BCUT2D eigenvalue weighted by Gasteiger charge is 2.16. The molecule has 0 bridgehead atoms. The molecule has 0 aliphatic heterocycles. The van der Waals surface area contributed by atoms with Gasteiger partial charge in [0.25, 0.3) is 0 Å². The minimum atomic E-state index is -0.878. The lowest BCUT2D eigenvalue weighted by atomic mass is 9.94. The number of benzene rings is 2. The second-order valence-electron chi connectivity index (χ2n) is 10.9. The monoisotopic (exact) mass is 596 g/mol. The highest BCUT2D eigenvalue weighted by molar-refractivity contribution is 5.87. The lowest BCUT2D eigenvalue weighted by Crippen LogP contribution is -2.22. The van der Waals surface area contributed by atoms with E-state index in [1.54, 1.807) is 13.8 Å². The number of carboxylic acid groups (broad SMARTS) is 1. The standard InChI is InChI=1S/C35H48O8/c1-8-33(28(7)34(36)37)25(4)21-41-27(6)23-43-32-16-12-30(13-17-32)20-29-10-14-31(15-11-29)42-22-26(5)39-18-9-19-40-35(38)24(2)3/h10-17,25-27H,2,8-9,18-23H2,1,3-7H3,(H,36,37). The van der Waals surface area contributed by atoms with Crippen LogP contribution in [0.2, 0.25) is 0 Å². The molecule has 1 N–H and O–H groups in total. The van der Waals surface area contributed by atoms with Crippen LogP contribution in [0.5, 0.6) is 11.5 Å². The summed E-state index contributed by atoms with van der Waals surface area (Å²) < 4.78 is 28.5. The third kappa shape index (κ3) is 13.5. The Hall–Kier alpha value is -3.62. The van der Waals surface area contributed by atoms with Crippen molar-refractivity contribution in [2.75, 3.05) is 33.0 Å². The van der Waals surface area contributed by atoms with E-state index >= 15 is 0 Å². The van der Waals surface area contributed by atoms with Crippen molar-refractivity contribution in [3.8, 4) is 11.5 Å². The highest BCUT2D eigenvalue weighted by Crippen LogP contribution is 2.21. The third-order valence-corrected chi connectivity index (χ3v) is 6.91. The number of ether oxygens (including phenoxy) is 5. The van der Waals surface area contributed by atoms with Gasteiger partial charge in [0.2, 0.25) is 0 Å². The van der Waals surface area contributed by atoms with Crippen molar-refractivity contribution in [1.82, 2.24) is 0 Å². The molecule has 0 spiro atoms. The number of carbonyl (C=O) groups is 2. The minimum absolute atomic E-state index is 0.0313. The van der Waals surface area contributed by atoms with Crippen molar-refractivity contribution in [1.29, 1.82) is 0 Å². The molecule has 0 aliphatic rings. The predicted octanol–water partition coefficient (Wildman–Crippen LogP) is 6.80. The average Bonchev–Trinajstić information content (AvgIpc) is 2.99. The zero-order valence-electron chi connectivity index (χ0n) is 26.5. The lowest BCUT2D eigenvalue weighted by Gasteiger charge is -2.20. The summed E-state index contributed by atoms with van der Waals surface area (Å²) in [4.78, 5) is 22.7. The molecule has 236 valence electrons. The fraction of sp³-hybridized carbons (Fsp3) is 0.486. The van der Waals surface area contributed by atoms with E-state index in [0.29, 0.717) is 57.0 Å². The second-order valence-corrected chi connectivity index (χ2v) is 10.9. The molecule has 0 saturated carbocycles. The largest absolute Gasteiger partial charge is 0.491 e. The maximum absolute atomic E-state index is 11.4. The third-order valence-electron chi connectivity index (χ3n) is 6.91. The molecule has 0 aromatic heterocycles. The van der Waals surface area contributed by atoms with E-state index in [-0.39, 0.29) is 24.1 Å². The molecule has 3 atom stereocenters. The van der Waals surface area contributed by atoms with Crippen LogP contribution in [0.25, 0.3) is 0 Å². The average molecular weight is 597 g/mol. The van der Waals surface area contributed by atoms with Gasteiger partial charge in [0, 0.05) is 23.5 Å². The first-order valence-electron chi connectivity index (χ1n) is 14.9. The molecule has 2 aromatic rings. The Morgan fingerprint density at radius 2 is 1.30 bits per heavy atom. The van der Waals surface area contributed by atoms with Gasteiger partial charge in [0.05, 0.1) is 32.0 Å². The molecular weight excluding hydrogens is 548 g/mol. The summed E-state index contributed by atoms with van der Waals surface area (Å²) in [6.07, 6.45) is 1.88. The van der Waals surface area contributed by atoms with Crippen molar-refractivity contribution in [2.45, 2.75) is 73.0 Å². The van der Waals surface area contributed by atoms with Crippen LogP contribution in [-0.4, -0.2) is 62.3 Å². The van der Waals surface area contributed by atoms with Crippen LogP contribution in [-0.2, 0) is 30.2 Å². The predicted molar refractivity (Wildman–Crippen MR) is 168 cm³/mol. The first-order valence-corrected chi connectivity index (χ1v) is 14.9. The Labute approximate surface area is 256 Å². The summed E-state index contributed by atoms with van der Waals surface area (Å²) in [5.41, 5.74) is 4.04. The van der Waals surface area contributed by atoms with E-state index in [1.165, 1.54) is 11.1 Å². The van der Waals surface area contributed by atoms with E-state index in [1.807, 2.05) is 52.0 Å². The molecule has 0 amide bonds. The molecule has 2 rings (SSSR count). The van der Waals surface area contributed by atoms with Gasteiger partial charge in [0.15, 0.2) is 0 Å². The van der Waals surface area contributed by atoms with Gasteiger partial charge < -0.3 is 28.8 Å². The van der Waals surface area contributed by atoms with E-state index in [4.69, 9.17) is 23.7 Å². The van der Waals surface area contributed by atoms with Gasteiger partial charge in [-0.05, 0) is 75.9 Å². The van der Waals surface area contributed by atoms with Crippen LogP contribution in [0.1, 0.15) is 65.5 Å². The number of rotatable bonds is 20. The van der Waals surface area contributed by atoms with Gasteiger partial charge in [-0.1, -0.05) is 50.3 Å². The van der Waals surface area contributed by atoms with Crippen molar-refractivity contribution >= 4 is 11.9 Å². The lowest BCUT2D eigenvalue weighted by molar-refractivity contribution is -0.139. The van der Waals surface area contributed by atoms with Crippen LogP contribution in [0.3, 0.4) is 0 Å². The smallest absolute Gasteiger partial charge is 0.333 e. The zero-order chi connectivity index (χ0) is 31.8. The maximum Gasteiger partial charge on any atom is 0.333 e. The Balaban J connectivity index is 1.69. The van der Waals surface area contributed by atoms with E-state index < -0.39 is 5.97 Å². The van der Waals surface area contributed by atoms with Gasteiger partial charge in [-0.3, -0.25) is 0 Å². The number of carbonyl (C=O) groups excluding carboxylic acids is 1. The van der Waals surface area contributed by atoms with Gasteiger partial charge in [-0.15, -0.1) is 0 Å². The Bertz CT molecular complexity index is 1180. The van der Waals surface area contributed by atoms with Crippen LogP contribution >= 0.6 is 0 Å². The molecule has 8 nitrogen and oxygen atoms in total. The number of hydrogen-bond donors (Lipinski definition) is 1. The van der Waals surface area contributed by atoms with Crippen LogP contribution in [0.15, 0.2) is 71.8 Å². The molecule has 3 unspecified atom stereocenters. The van der Waals surface area contributed by atoms with Crippen LogP contribution in [0, 0.1) is 5.92 Å². The Kier molecular flexibility index (Phi) is 15.6. The Morgan fingerprint density at radius 1 is 0.791 bits per heavy atom. The Morgan fingerprint density at radius 3 is 1.77 bits per heavy atom. The molecule has 43 heavy (non-hydrogen) atoms. The topological polar surface area (TPSA) is 101 Å². The quantitative estimate of drug-likeness (QED) is 0.101. The highest BCUT2D eigenvalue weighted by atomic mass is 16.5. The summed E-state index contributed by atoms with van der Waals surface area (Å²) in [5.74, 6) is 0.329. The SMILES string of the molecule is C=C(C)C(=O)OCCCOC(C)COc1ccc(Cc2ccc(OCC(C)OCC(C)C(CC)=C(C)C(=O)O)cc2)cc1. The molecule has 0 radical (unpaired) electrons. The summed E-state index contributed by atoms with van der Waals surface area (Å²) in [7, 11) is 0. The van der Waals surface area contributed by atoms with Gasteiger partial charge in [0.1, 0.15) is 24.7 Å². The first-order chi connectivity index (χ1) is 20.5. The summed E-state index contributed by atoms with van der Waals surface area (Å²) in [6.45, 7) is 16.8. The van der Waals surface area contributed by atoms with Gasteiger partial charge >= 0.3 is 11.9 Å². The summed E-state index contributed by atoms with van der Waals surface area (Å²) in [5, 5.41) is 9.29. The number of aliphatic carboxylic acids is 1. The molecule has 2 aromatic carbocycles. The van der Waals surface area contributed by atoms with Gasteiger partial charge in [-0.25, -0.2) is 9.59 Å². The molecule has 8 heteroatoms.